The quantitative estimate of drug-likeness (QED) is 0.907. The maximum Gasteiger partial charge on any atom is 0.257 e. The van der Waals surface area contributed by atoms with Crippen LogP contribution in [0.3, 0.4) is 0 Å². The normalized spacial score (nSPS) is 11.3. The molecule has 0 bridgehead atoms. The van der Waals surface area contributed by atoms with Crippen LogP contribution < -0.4 is 10.5 Å². The molecule has 0 radical (unpaired) electrons. The summed E-state index contributed by atoms with van der Waals surface area (Å²) in [5.74, 6) is 0.226. The molecule has 6 heteroatoms. The number of rotatable bonds is 5. The molecule has 4 nitrogen and oxygen atoms in total. The Morgan fingerprint density at radius 1 is 1.35 bits per heavy atom. The summed E-state index contributed by atoms with van der Waals surface area (Å²) in [6.07, 6.45) is 0. The summed E-state index contributed by atoms with van der Waals surface area (Å²) < 4.78 is 5.19. The van der Waals surface area contributed by atoms with Crippen LogP contribution >= 0.6 is 23.2 Å². The third-order valence-electron chi connectivity index (χ3n) is 3.04. The summed E-state index contributed by atoms with van der Waals surface area (Å²) in [7, 11) is 3.21. The van der Waals surface area contributed by atoms with Crippen molar-refractivity contribution in [1.82, 2.24) is 4.90 Å². The number of benzene rings is 1. The number of ether oxygens (including phenoxy) is 1. The summed E-state index contributed by atoms with van der Waals surface area (Å²) in [5.41, 5.74) is 5.92. The van der Waals surface area contributed by atoms with Crippen LogP contribution in [0.2, 0.25) is 10.0 Å². The number of amides is 1. The third-order valence-corrected chi connectivity index (χ3v) is 3.76. The van der Waals surface area contributed by atoms with Gasteiger partial charge in [0.15, 0.2) is 0 Å². The number of carbonyl (C=O) groups is 1. The molecule has 0 spiro atoms. The fourth-order valence-electron chi connectivity index (χ4n) is 1.85. The number of carbonyl (C=O) groups excluding carboxylic acids is 1. The number of hydrogen-bond acceptors (Lipinski definition) is 3. The van der Waals surface area contributed by atoms with Crippen LogP contribution in [0.25, 0.3) is 0 Å². The highest BCUT2D eigenvalue weighted by atomic mass is 35.5. The lowest BCUT2D eigenvalue weighted by atomic mass is 9.93. The summed E-state index contributed by atoms with van der Waals surface area (Å²) in [4.78, 5) is 14.1. The molecule has 1 amide bonds. The van der Waals surface area contributed by atoms with E-state index >= 15 is 0 Å². The first-order chi connectivity index (χ1) is 9.21. The molecule has 0 fully saturated rings. The van der Waals surface area contributed by atoms with Gasteiger partial charge in [0.05, 0.1) is 22.7 Å². The average molecular weight is 319 g/mol. The number of halogens is 2. The van der Waals surface area contributed by atoms with E-state index in [4.69, 9.17) is 33.7 Å². The van der Waals surface area contributed by atoms with Crippen LogP contribution in [-0.2, 0) is 0 Å². The van der Waals surface area contributed by atoms with Gasteiger partial charge in [0.2, 0.25) is 0 Å². The van der Waals surface area contributed by atoms with Crippen molar-refractivity contribution < 1.29 is 9.53 Å². The van der Waals surface area contributed by atoms with Gasteiger partial charge in [-0.05, 0) is 18.0 Å². The molecular weight excluding hydrogens is 299 g/mol. The molecule has 0 unspecified atom stereocenters. The molecule has 0 aliphatic carbocycles. The highest BCUT2D eigenvalue weighted by Crippen LogP contribution is 2.31. The first-order valence-corrected chi connectivity index (χ1v) is 6.96. The van der Waals surface area contributed by atoms with E-state index < -0.39 is 0 Å². The Balaban J connectivity index is 3.05. The van der Waals surface area contributed by atoms with Crippen LogP contribution in [0.15, 0.2) is 12.1 Å². The van der Waals surface area contributed by atoms with Gasteiger partial charge in [-0.3, -0.25) is 4.79 Å². The zero-order valence-electron chi connectivity index (χ0n) is 12.2. The highest BCUT2D eigenvalue weighted by Gasteiger charge is 2.24. The third kappa shape index (κ3) is 4.01. The molecule has 112 valence electrons. The van der Waals surface area contributed by atoms with Crippen molar-refractivity contribution in [2.24, 2.45) is 11.1 Å². The SMILES string of the molecule is COc1cc(Cl)c(Cl)cc1C(=O)N(C)CC(C)(C)CN. The second-order valence-corrected chi connectivity index (χ2v) is 6.31. The summed E-state index contributed by atoms with van der Waals surface area (Å²) in [5, 5.41) is 0.673. The van der Waals surface area contributed by atoms with Gasteiger partial charge >= 0.3 is 0 Å². The van der Waals surface area contributed by atoms with Gasteiger partial charge in [0.25, 0.3) is 5.91 Å². The largest absolute Gasteiger partial charge is 0.496 e. The highest BCUT2D eigenvalue weighted by molar-refractivity contribution is 6.42. The van der Waals surface area contributed by atoms with Gasteiger partial charge in [-0.2, -0.15) is 0 Å². The lowest BCUT2D eigenvalue weighted by Crippen LogP contribution is -2.39. The maximum absolute atomic E-state index is 12.5. The van der Waals surface area contributed by atoms with Gasteiger partial charge < -0.3 is 15.4 Å². The monoisotopic (exact) mass is 318 g/mol. The van der Waals surface area contributed by atoms with Crippen molar-refractivity contribution in [1.29, 1.82) is 0 Å². The molecule has 0 aromatic heterocycles. The minimum absolute atomic E-state index is 0.159. The van der Waals surface area contributed by atoms with Crippen LogP contribution in [-0.4, -0.2) is 38.1 Å². The smallest absolute Gasteiger partial charge is 0.257 e. The Morgan fingerprint density at radius 2 is 1.90 bits per heavy atom. The fourth-order valence-corrected chi connectivity index (χ4v) is 2.17. The minimum atomic E-state index is -0.179. The van der Waals surface area contributed by atoms with E-state index in [1.165, 1.54) is 13.2 Å². The molecule has 0 saturated heterocycles. The van der Waals surface area contributed by atoms with Crippen LogP contribution in [0.5, 0.6) is 5.75 Å². The number of hydrogen-bond donors (Lipinski definition) is 1. The van der Waals surface area contributed by atoms with E-state index in [0.717, 1.165) is 0 Å². The van der Waals surface area contributed by atoms with Crippen LogP contribution in [0.1, 0.15) is 24.2 Å². The first-order valence-electron chi connectivity index (χ1n) is 6.20. The molecule has 1 aromatic carbocycles. The van der Waals surface area contributed by atoms with Gasteiger partial charge in [-0.1, -0.05) is 37.0 Å². The maximum atomic E-state index is 12.5. The van der Waals surface area contributed by atoms with Gasteiger partial charge in [0, 0.05) is 19.7 Å². The van der Waals surface area contributed by atoms with Crippen molar-refractivity contribution in [3.05, 3.63) is 27.7 Å². The van der Waals surface area contributed by atoms with E-state index in [2.05, 4.69) is 0 Å². The molecule has 0 atom stereocenters. The van der Waals surface area contributed by atoms with Crippen molar-refractivity contribution in [3.8, 4) is 5.75 Å². The fraction of sp³-hybridized carbons (Fsp3) is 0.500. The van der Waals surface area contributed by atoms with Crippen molar-refractivity contribution in [2.45, 2.75) is 13.8 Å². The average Bonchev–Trinajstić information content (AvgIpc) is 2.40. The molecule has 0 aliphatic heterocycles. The van der Waals surface area contributed by atoms with Crippen molar-refractivity contribution in [3.63, 3.8) is 0 Å². The van der Waals surface area contributed by atoms with Gasteiger partial charge in [-0.15, -0.1) is 0 Å². The van der Waals surface area contributed by atoms with E-state index in [0.29, 0.717) is 34.4 Å². The molecule has 2 N–H and O–H groups in total. The molecule has 20 heavy (non-hydrogen) atoms. The van der Waals surface area contributed by atoms with Crippen LogP contribution in [0, 0.1) is 5.41 Å². The zero-order valence-corrected chi connectivity index (χ0v) is 13.7. The number of methoxy groups -OCH3 is 1. The second-order valence-electron chi connectivity index (χ2n) is 5.50. The Labute approximate surface area is 129 Å². The lowest BCUT2D eigenvalue weighted by Gasteiger charge is -2.29. The molecule has 0 aliphatic rings. The van der Waals surface area contributed by atoms with E-state index in [1.54, 1.807) is 18.0 Å². The topological polar surface area (TPSA) is 55.6 Å². The van der Waals surface area contributed by atoms with E-state index in [-0.39, 0.29) is 11.3 Å². The Morgan fingerprint density at radius 3 is 2.40 bits per heavy atom. The Hall–Kier alpha value is -0.970. The zero-order chi connectivity index (χ0) is 15.5. The molecular formula is C14H20Cl2N2O2. The number of nitrogens with two attached hydrogens (primary N) is 1. The Bertz CT molecular complexity index is 504. The Kier molecular flexibility index (Phi) is 5.68. The summed E-state index contributed by atoms with van der Waals surface area (Å²) >= 11 is 11.9. The van der Waals surface area contributed by atoms with Gasteiger partial charge in [0.1, 0.15) is 5.75 Å². The van der Waals surface area contributed by atoms with Gasteiger partial charge in [-0.25, -0.2) is 0 Å². The van der Waals surface area contributed by atoms with Crippen LogP contribution in [0.4, 0.5) is 0 Å². The second kappa shape index (κ2) is 6.66. The number of nitrogens with zero attached hydrogens (tertiary/aromatic N) is 1. The van der Waals surface area contributed by atoms with E-state index in [9.17, 15) is 4.79 Å². The predicted octanol–water partition coefficient (Wildman–Crippen LogP) is 3.06. The minimum Gasteiger partial charge on any atom is -0.496 e. The molecule has 1 rings (SSSR count). The summed E-state index contributed by atoms with van der Waals surface area (Å²) in [6, 6.07) is 3.07. The van der Waals surface area contributed by atoms with Crippen molar-refractivity contribution in [2.75, 3.05) is 27.2 Å². The summed E-state index contributed by atoms with van der Waals surface area (Å²) in [6.45, 7) is 5.03. The standard InChI is InChI=1S/C14H20Cl2N2O2/c1-14(2,7-17)8-18(3)13(19)9-5-10(15)11(16)6-12(9)20-4/h5-6H,7-8,17H2,1-4H3. The molecule has 1 aromatic rings. The first kappa shape index (κ1) is 17.1. The van der Waals surface area contributed by atoms with Crippen molar-refractivity contribution >= 4 is 29.1 Å². The molecule has 0 heterocycles. The predicted molar refractivity (Wildman–Crippen MR) is 82.8 cm³/mol. The molecule has 0 saturated carbocycles. The van der Waals surface area contributed by atoms with E-state index in [1.807, 2.05) is 13.8 Å². The lowest BCUT2D eigenvalue weighted by molar-refractivity contribution is 0.0737.